The Morgan fingerprint density at radius 1 is 1.33 bits per heavy atom. The number of hydrogen-bond donors (Lipinski definition) is 1. The van der Waals surface area contributed by atoms with Gasteiger partial charge in [-0.3, -0.25) is 0 Å². The van der Waals surface area contributed by atoms with Crippen molar-refractivity contribution in [3.8, 4) is 0 Å². The van der Waals surface area contributed by atoms with E-state index in [2.05, 4.69) is 10.3 Å². The van der Waals surface area contributed by atoms with Gasteiger partial charge in [0.25, 0.3) is 0 Å². The molecule has 0 saturated carbocycles. The van der Waals surface area contributed by atoms with Crippen molar-refractivity contribution < 1.29 is 12.8 Å². The molecule has 0 fully saturated rings. The van der Waals surface area contributed by atoms with E-state index >= 15 is 0 Å². The minimum Gasteiger partial charge on any atom is -0.467 e. The van der Waals surface area contributed by atoms with Crippen molar-refractivity contribution in [1.82, 2.24) is 4.98 Å². The summed E-state index contributed by atoms with van der Waals surface area (Å²) in [5.74, 6) is 1.06. The summed E-state index contributed by atoms with van der Waals surface area (Å²) in [5, 5.41) is 3.04. The highest BCUT2D eigenvalue weighted by atomic mass is 32.2. The Kier molecular flexibility index (Phi) is 3.38. The normalized spacial score (nSPS) is 13.2. The lowest BCUT2D eigenvalue weighted by Gasteiger charge is -2.14. The minimum absolute atomic E-state index is 0.157. The summed E-state index contributed by atoms with van der Waals surface area (Å²) in [6.07, 6.45) is 4.28. The molecule has 0 aliphatic rings. The van der Waals surface area contributed by atoms with Crippen LogP contribution in [-0.4, -0.2) is 19.7 Å². The number of sulfone groups is 1. The van der Waals surface area contributed by atoms with E-state index in [4.69, 9.17) is 4.42 Å². The molecule has 0 saturated heterocycles. The van der Waals surface area contributed by atoms with Crippen molar-refractivity contribution in [3.05, 3.63) is 42.5 Å². The van der Waals surface area contributed by atoms with Gasteiger partial charge in [0.1, 0.15) is 16.5 Å². The highest BCUT2D eigenvalue weighted by Gasteiger charge is 2.16. The van der Waals surface area contributed by atoms with E-state index in [0.29, 0.717) is 5.82 Å². The first-order valence-electron chi connectivity index (χ1n) is 5.43. The lowest BCUT2D eigenvalue weighted by molar-refractivity contribution is 0.489. The van der Waals surface area contributed by atoms with Crippen molar-refractivity contribution in [2.75, 3.05) is 11.6 Å². The number of anilines is 1. The summed E-state index contributed by atoms with van der Waals surface area (Å²) < 4.78 is 28.5. The second kappa shape index (κ2) is 4.81. The molecular formula is C12H14N2O3S. The van der Waals surface area contributed by atoms with Crippen LogP contribution < -0.4 is 5.32 Å². The van der Waals surface area contributed by atoms with Crippen LogP contribution in [0.15, 0.2) is 46.0 Å². The zero-order valence-electron chi connectivity index (χ0n) is 10.1. The van der Waals surface area contributed by atoms with E-state index < -0.39 is 9.84 Å². The first-order chi connectivity index (χ1) is 8.48. The molecule has 0 aliphatic heterocycles. The first-order valence-corrected chi connectivity index (χ1v) is 7.32. The van der Waals surface area contributed by atoms with Crippen LogP contribution in [0.2, 0.25) is 0 Å². The van der Waals surface area contributed by atoms with Crippen LogP contribution >= 0.6 is 0 Å². The standard InChI is InChI=1S/C12H14N2O3S/c1-9(10-5-4-8-17-10)14-12-11(18(2,15)16)6-3-7-13-12/h3-9H,1-2H3,(H,13,14). The van der Waals surface area contributed by atoms with Crippen molar-refractivity contribution in [3.63, 3.8) is 0 Å². The van der Waals surface area contributed by atoms with Crippen molar-refractivity contribution in [1.29, 1.82) is 0 Å². The molecule has 2 rings (SSSR count). The highest BCUT2D eigenvalue weighted by molar-refractivity contribution is 7.90. The summed E-state index contributed by atoms with van der Waals surface area (Å²) in [7, 11) is -3.30. The SMILES string of the molecule is CC(Nc1ncccc1S(C)(=O)=O)c1ccco1. The third-order valence-corrected chi connectivity index (χ3v) is 3.62. The van der Waals surface area contributed by atoms with E-state index in [1.54, 1.807) is 24.6 Å². The van der Waals surface area contributed by atoms with Gasteiger partial charge in [0.2, 0.25) is 0 Å². The number of pyridine rings is 1. The molecule has 0 spiro atoms. The number of aromatic nitrogens is 1. The predicted molar refractivity (Wildman–Crippen MR) is 68.1 cm³/mol. The molecule has 1 unspecified atom stereocenters. The Morgan fingerprint density at radius 3 is 2.72 bits per heavy atom. The van der Waals surface area contributed by atoms with Gasteiger partial charge in [-0.15, -0.1) is 0 Å². The fourth-order valence-corrected chi connectivity index (χ4v) is 2.40. The second-order valence-electron chi connectivity index (χ2n) is 4.00. The van der Waals surface area contributed by atoms with Gasteiger partial charge in [0, 0.05) is 12.5 Å². The molecular weight excluding hydrogens is 252 g/mol. The number of nitrogens with zero attached hydrogens (tertiary/aromatic N) is 1. The van der Waals surface area contributed by atoms with E-state index in [0.717, 1.165) is 12.0 Å². The zero-order chi connectivity index (χ0) is 13.2. The van der Waals surface area contributed by atoms with Crippen molar-refractivity contribution in [2.24, 2.45) is 0 Å². The largest absolute Gasteiger partial charge is 0.467 e. The van der Waals surface area contributed by atoms with Crippen LogP contribution in [0.1, 0.15) is 18.7 Å². The molecule has 0 aromatic carbocycles. The molecule has 1 atom stereocenters. The molecule has 96 valence electrons. The Bertz CT molecular complexity index is 621. The van der Waals surface area contributed by atoms with Gasteiger partial charge in [0.05, 0.1) is 12.3 Å². The lowest BCUT2D eigenvalue weighted by atomic mass is 10.2. The molecule has 2 aromatic heterocycles. The van der Waals surface area contributed by atoms with Crippen molar-refractivity contribution in [2.45, 2.75) is 17.9 Å². The molecule has 0 amide bonds. The monoisotopic (exact) mass is 266 g/mol. The first kappa shape index (κ1) is 12.6. The quantitative estimate of drug-likeness (QED) is 0.919. The number of nitrogens with one attached hydrogen (secondary N) is 1. The predicted octanol–water partition coefficient (Wildman–Crippen LogP) is 2.25. The fraction of sp³-hybridized carbons (Fsp3) is 0.250. The van der Waals surface area contributed by atoms with Crippen LogP contribution in [0.4, 0.5) is 5.82 Å². The smallest absolute Gasteiger partial charge is 0.179 e. The number of rotatable bonds is 4. The van der Waals surface area contributed by atoms with E-state index in [1.165, 1.54) is 6.07 Å². The molecule has 0 bridgehead atoms. The van der Waals surface area contributed by atoms with Gasteiger partial charge >= 0.3 is 0 Å². The van der Waals surface area contributed by atoms with Crippen LogP contribution in [-0.2, 0) is 9.84 Å². The van der Waals surface area contributed by atoms with Gasteiger partial charge in [0.15, 0.2) is 9.84 Å². The summed E-state index contributed by atoms with van der Waals surface area (Å²) in [5.41, 5.74) is 0. The van der Waals surface area contributed by atoms with E-state index in [-0.39, 0.29) is 10.9 Å². The van der Waals surface area contributed by atoms with Gasteiger partial charge in [-0.2, -0.15) is 0 Å². The molecule has 0 radical (unpaired) electrons. The zero-order valence-corrected chi connectivity index (χ0v) is 10.9. The van der Waals surface area contributed by atoms with E-state index in [1.807, 2.05) is 13.0 Å². The Hall–Kier alpha value is -1.82. The molecule has 0 aliphatic carbocycles. The van der Waals surface area contributed by atoms with E-state index in [9.17, 15) is 8.42 Å². The molecule has 18 heavy (non-hydrogen) atoms. The maximum atomic E-state index is 11.6. The van der Waals surface area contributed by atoms with Crippen LogP contribution in [0.25, 0.3) is 0 Å². The third kappa shape index (κ3) is 2.70. The maximum absolute atomic E-state index is 11.6. The van der Waals surface area contributed by atoms with Crippen LogP contribution in [0.3, 0.4) is 0 Å². The van der Waals surface area contributed by atoms with Gasteiger partial charge in [-0.1, -0.05) is 0 Å². The molecule has 6 heteroatoms. The summed E-state index contributed by atoms with van der Waals surface area (Å²) in [6, 6.07) is 6.57. The Morgan fingerprint density at radius 2 is 2.11 bits per heavy atom. The topological polar surface area (TPSA) is 72.2 Å². The number of hydrogen-bond acceptors (Lipinski definition) is 5. The summed E-state index contributed by atoms with van der Waals surface area (Å²) >= 11 is 0. The molecule has 2 heterocycles. The molecule has 1 N–H and O–H groups in total. The number of furan rings is 1. The summed E-state index contributed by atoms with van der Waals surface area (Å²) in [6.45, 7) is 1.87. The molecule has 2 aromatic rings. The van der Waals surface area contributed by atoms with Gasteiger partial charge < -0.3 is 9.73 Å². The Labute approximate surface area is 106 Å². The highest BCUT2D eigenvalue weighted by Crippen LogP contribution is 2.23. The van der Waals surface area contributed by atoms with Gasteiger partial charge in [-0.05, 0) is 31.2 Å². The fourth-order valence-electron chi connectivity index (χ4n) is 1.61. The average molecular weight is 266 g/mol. The minimum atomic E-state index is -3.30. The van der Waals surface area contributed by atoms with Crippen molar-refractivity contribution >= 4 is 15.7 Å². The van der Waals surface area contributed by atoms with Gasteiger partial charge in [-0.25, -0.2) is 13.4 Å². The summed E-state index contributed by atoms with van der Waals surface area (Å²) in [4.78, 5) is 4.25. The second-order valence-corrected chi connectivity index (χ2v) is 5.99. The van der Waals surface area contributed by atoms with Crippen LogP contribution in [0, 0.1) is 0 Å². The van der Waals surface area contributed by atoms with Crippen LogP contribution in [0.5, 0.6) is 0 Å². The average Bonchev–Trinajstić information content (AvgIpc) is 2.81. The lowest BCUT2D eigenvalue weighted by Crippen LogP contribution is -2.11. The molecule has 5 nitrogen and oxygen atoms in total. The Balaban J connectivity index is 2.30. The third-order valence-electron chi connectivity index (χ3n) is 2.49. The maximum Gasteiger partial charge on any atom is 0.179 e.